The van der Waals surface area contributed by atoms with Crippen molar-refractivity contribution in [2.45, 2.75) is 26.8 Å². The van der Waals surface area contributed by atoms with Gasteiger partial charge in [-0.25, -0.2) is 4.39 Å². The molecule has 0 heterocycles. The van der Waals surface area contributed by atoms with Crippen molar-refractivity contribution < 1.29 is 9.18 Å². The van der Waals surface area contributed by atoms with Gasteiger partial charge in [0.05, 0.1) is 5.56 Å². The number of nitrogens with one attached hydrogen (secondary N) is 1. The lowest BCUT2D eigenvalue weighted by atomic mass is 10.1. The molecule has 1 aromatic carbocycles. The topological polar surface area (TPSA) is 29.1 Å². The van der Waals surface area contributed by atoms with Gasteiger partial charge in [-0.05, 0) is 30.5 Å². The molecule has 1 N–H and O–H groups in total. The summed E-state index contributed by atoms with van der Waals surface area (Å²) in [6.45, 7) is 5.82. The van der Waals surface area contributed by atoms with Gasteiger partial charge in [-0.15, -0.1) is 0 Å². The lowest BCUT2D eigenvalue weighted by molar-refractivity contribution is 0.0927. The average Bonchev–Trinajstić information content (AvgIpc) is 2.24. The maximum absolute atomic E-state index is 13.6. The smallest absolute Gasteiger partial charge is 0.254 e. The number of halogens is 2. The first-order valence-corrected chi connectivity index (χ1v) is 6.70. The van der Waals surface area contributed by atoms with Crippen molar-refractivity contribution in [3.8, 4) is 0 Å². The average molecular weight is 302 g/mol. The summed E-state index contributed by atoms with van der Waals surface area (Å²) in [4.78, 5) is 11.9. The normalized spacial score (nSPS) is 12.6. The van der Waals surface area contributed by atoms with Crippen molar-refractivity contribution in [3.63, 3.8) is 0 Å². The number of hydrogen-bond donors (Lipinski definition) is 1. The fraction of sp³-hybridized carbons (Fsp3) is 0.462. The highest BCUT2D eigenvalue weighted by Crippen LogP contribution is 2.12. The zero-order chi connectivity index (χ0) is 13.0. The molecule has 1 rings (SSSR count). The molecule has 17 heavy (non-hydrogen) atoms. The molecule has 1 atom stereocenters. The molecule has 94 valence electrons. The summed E-state index contributed by atoms with van der Waals surface area (Å²) in [6, 6.07) is 4.62. The Kier molecular flexibility index (Phi) is 5.12. The van der Waals surface area contributed by atoms with Crippen LogP contribution >= 0.6 is 15.9 Å². The third-order valence-corrected chi connectivity index (χ3v) is 3.35. The van der Waals surface area contributed by atoms with Crippen molar-refractivity contribution in [1.29, 1.82) is 0 Å². The first-order valence-electron chi connectivity index (χ1n) is 5.58. The number of carbonyl (C=O) groups is 1. The molecular weight excluding hydrogens is 285 g/mol. The van der Waals surface area contributed by atoms with Crippen molar-refractivity contribution >= 4 is 21.8 Å². The van der Waals surface area contributed by atoms with Crippen LogP contribution in [0.3, 0.4) is 0 Å². The predicted molar refractivity (Wildman–Crippen MR) is 71.0 cm³/mol. The van der Waals surface area contributed by atoms with E-state index in [2.05, 4.69) is 21.2 Å². The van der Waals surface area contributed by atoms with Crippen molar-refractivity contribution in [3.05, 3.63) is 35.1 Å². The maximum atomic E-state index is 13.6. The van der Waals surface area contributed by atoms with Crippen molar-refractivity contribution in [1.82, 2.24) is 5.32 Å². The van der Waals surface area contributed by atoms with E-state index in [0.29, 0.717) is 11.2 Å². The highest BCUT2D eigenvalue weighted by atomic mass is 79.9. The zero-order valence-electron chi connectivity index (χ0n) is 10.3. The summed E-state index contributed by atoms with van der Waals surface area (Å²) >= 11 is 3.34. The van der Waals surface area contributed by atoms with Crippen LogP contribution in [0, 0.1) is 18.7 Å². The van der Waals surface area contributed by atoms with Gasteiger partial charge in [0.1, 0.15) is 5.82 Å². The van der Waals surface area contributed by atoms with Crippen LogP contribution in [0.4, 0.5) is 4.39 Å². The Labute approximate surface area is 110 Å². The second kappa shape index (κ2) is 6.15. The lowest BCUT2D eigenvalue weighted by Crippen LogP contribution is -2.40. The summed E-state index contributed by atoms with van der Waals surface area (Å²) in [5, 5.41) is 3.47. The SMILES string of the molecule is Cc1ccc(C(=O)NC(CBr)C(C)C)c(F)c1. The van der Waals surface area contributed by atoms with Gasteiger partial charge in [0.15, 0.2) is 0 Å². The third-order valence-electron chi connectivity index (χ3n) is 2.66. The summed E-state index contributed by atoms with van der Waals surface area (Å²) in [5.74, 6) is -0.535. The second-order valence-corrected chi connectivity index (χ2v) is 5.11. The fourth-order valence-corrected chi connectivity index (χ4v) is 2.34. The minimum Gasteiger partial charge on any atom is -0.348 e. The summed E-state index contributed by atoms with van der Waals surface area (Å²) < 4.78 is 13.6. The molecule has 0 saturated carbocycles. The fourth-order valence-electron chi connectivity index (χ4n) is 1.43. The zero-order valence-corrected chi connectivity index (χ0v) is 11.8. The minimum absolute atomic E-state index is 0.00297. The van der Waals surface area contributed by atoms with Gasteiger partial charge in [-0.2, -0.15) is 0 Å². The Morgan fingerprint density at radius 2 is 2.12 bits per heavy atom. The number of benzene rings is 1. The molecule has 1 amide bonds. The molecule has 2 nitrogen and oxygen atoms in total. The van der Waals surface area contributed by atoms with Gasteiger partial charge in [0.2, 0.25) is 0 Å². The third kappa shape index (κ3) is 3.80. The highest BCUT2D eigenvalue weighted by molar-refractivity contribution is 9.09. The van der Waals surface area contributed by atoms with E-state index >= 15 is 0 Å². The lowest BCUT2D eigenvalue weighted by Gasteiger charge is -2.20. The molecule has 0 aromatic heterocycles. The molecule has 1 unspecified atom stereocenters. The number of rotatable bonds is 4. The van der Waals surface area contributed by atoms with Gasteiger partial charge in [-0.1, -0.05) is 35.8 Å². The van der Waals surface area contributed by atoms with E-state index in [1.165, 1.54) is 12.1 Å². The van der Waals surface area contributed by atoms with Crippen LogP contribution in [0.1, 0.15) is 29.8 Å². The van der Waals surface area contributed by atoms with E-state index < -0.39 is 5.82 Å². The molecule has 0 aliphatic heterocycles. The van der Waals surface area contributed by atoms with Gasteiger partial charge < -0.3 is 5.32 Å². The number of hydrogen-bond acceptors (Lipinski definition) is 1. The Morgan fingerprint density at radius 1 is 1.47 bits per heavy atom. The summed E-state index contributed by atoms with van der Waals surface area (Å²) in [6.07, 6.45) is 0. The Morgan fingerprint density at radius 3 is 2.59 bits per heavy atom. The van der Waals surface area contributed by atoms with Crippen LogP contribution in [-0.2, 0) is 0 Å². The number of aryl methyl sites for hydroxylation is 1. The molecule has 0 radical (unpaired) electrons. The van der Waals surface area contributed by atoms with Crippen molar-refractivity contribution in [2.75, 3.05) is 5.33 Å². The van der Waals surface area contributed by atoms with Gasteiger partial charge >= 0.3 is 0 Å². The van der Waals surface area contributed by atoms with Gasteiger partial charge in [0, 0.05) is 11.4 Å². The van der Waals surface area contributed by atoms with Gasteiger partial charge in [0.25, 0.3) is 5.91 Å². The van der Waals surface area contributed by atoms with Crippen molar-refractivity contribution in [2.24, 2.45) is 5.92 Å². The molecule has 0 bridgehead atoms. The number of amides is 1. The van der Waals surface area contributed by atoms with E-state index in [4.69, 9.17) is 0 Å². The van der Waals surface area contributed by atoms with E-state index in [9.17, 15) is 9.18 Å². The quantitative estimate of drug-likeness (QED) is 0.850. The molecule has 4 heteroatoms. The maximum Gasteiger partial charge on any atom is 0.254 e. The summed E-state index contributed by atoms with van der Waals surface area (Å²) in [5.41, 5.74) is 0.905. The Hall–Kier alpha value is -0.900. The van der Waals surface area contributed by atoms with Crippen LogP contribution in [0.15, 0.2) is 18.2 Å². The van der Waals surface area contributed by atoms with Gasteiger partial charge in [-0.3, -0.25) is 4.79 Å². The molecule has 1 aromatic rings. The first-order chi connectivity index (χ1) is 7.95. The Bertz CT molecular complexity index is 406. The van der Waals surface area contributed by atoms with Crippen LogP contribution in [0.5, 0.6) is 0 Å². The van der Waals surface area contributed by atoms with E-state index in [0.717, 1.165) is 5.56 Å². The molecular formula is C13H17BrFNO. The molecule has 0 aliphatic rings. The van der Waals surface area contributed by atoms with Crippen LogP contribution in [0.2, 0.25) is 0 Å². The Balaban J connectivity index is 2.82. The largest absolute Gasteiger partial charge is 0.348 e. The van der Waals surface area contributed by atoms with E-state index in [-0.39, 0.29) is 17.5 Å². The molecule has 0 saturated heterocycles. The second-order valence-electron chi connectivity index (χ2n) is 4.46. The summed E-state index contributed by atoms with van der Waals surface area (Å²) in [7, 11) is 0. The first kappa shape index (κ1) is 14.2. The highest BCUT2D eigenvalue weighted by Gasteiger charge is 2.18. The number of carbonyl (C=O) groups excluding carboxylic acids is 1. The standard InChI is InChI=1S/C13H17BrFNO/c1-8(2)12(7-14)16-13(17)10-5-4-9(3)6-11(10)15/h4-6,8,12H,7H2,1-3H3,(H,16,17). The van der Waals surface area contributed by atoms with E-state index in [1.54, 1.807) is 13.0 Å². The van der Waals surface area contributed by atoms with Crippen LogP contribution in [-0.4, -0.2) is 17.3 Å². The van der Waals surface area contributed by atoms with Crippen LogP contribution in [0.25, 0.3) is 0 Å². The number of alkyl halides is 1. The van der Waals surface area contributed by atoms with E-state index in [1.807, 2.05) is 13.8 Å². The minimum atomic E-state index is -0.473. The molecule has 0 spiro atoms. The monoisotopic (exact) mass is 301 g/mol. The molecule has 0 aliphatic carbocycles. The molecule has 0 fully saturated rings. The van der Waals surface area contributed by atoms with Crippen LogP contribution < -0.4 is 5.32 Å². The predicted octanol–water partition coefficient (Wildman–Crippen LogP) is 3.28.